The topological polar surface area (TPSA) is 112 Å². The first-order chi connectivity index (χ1) is 15.8. The van der Waals surface area contributed by atoms with Crippen LogP contribution in [-0.4, -0.2) is 50.2 Å². The van der Waals surface area contributed by atoms with Gasteiger partial charge in [-0.3, -0.25) is 13.9 Å². The normalized spacial score (nSPS) is 34.8. The summed E-state index contributed by atoms with van der Waals surface area (Å²) in [6.07, 6.45) is 6.08. The van der Waals surface area contributed by atoms with Crippen LogP contribution in [0.1, 0.15) is 44.6 Å². The summed E-state index contributed by atoms with van der Waals surface area (Å²) in [7, 11) is 1.70. The molecule has 1 saturated heterocycles. The van der Waals surface area contributed by atoms with Crippen LogP contribution in [0.4, 0.5) is 4.79 Å². The molecule has 2 N–H and O–H groups in total. The highest BCUT2D eigenvalue weighted by molar-refractivity contribution is 6.31. The Kier molecular flexibility index (Phi) is 4.60. The number of amides is 2. The van der Waals surface area contributed by atoms with Crippen molar-refractivity contribution in [2.75, 3.05) is 13.1 Å². The molecule has 0 aromatic carbocycles. The molecule has 0 spiro atoms. The molecular weight excluding hydrogens is 446 g/mol. The summed E-state index contributed by atoms with van der Waals surface area (Å²) in [4.78, 5) is 44.3. The number of likely N-dealkylation sites (tertiary alicyclic amines) is 1. The number of pyridine rings is 1. The summed E-state index contributed by atoms with van der Waals surface area (Å²) in [5, 5.41) is 0.473. The SMILES string of the molecule is Cn1c(=O)n(C2CCN(C(=O)OC3C4CC5C[C@@H]3CC(C(N)=O)(C5)C4)C2)c2ncc(Cl)cc21. The van der Waals surface area contributed by atoms with E-state index in [2.05, 4.69) is 4.98 Å². The number of fused-ring (bicyclic) bond motifs is 1. The van der Waals surface area contributed by atoms with Gasteiger partial charge < -0.3 is 15.4 Å². The second-order valence-corrected chi connectivity index (χ2v) is 11.0. The molecule has 0 radical (unpaired) electrons. The third kappa shape index (κ3) is 3.11. The van der Waals surface area contributed by atoms with Crippen molar-refractivity contribution in [3.63, 3.8) is 0 Å². The number of aromatic nitrogens is 3. The van der Waals surface area contributed by atoms with Crippen LogP contribution in [0.5, 0.6) is 0 Å². The number of imidazole rings is 1. The van der Waals surface area contributed by atoms with Crippen LogP contribution in [0.15, 0.2) is 17.1 Å². The molecule has 3 heterocycles. The number of rotatable bonds is 3. The third-order valence-electron chi connectivity index (χ3n) is 8.63. The van der Waals surface area contributed by atoms with Crippen LogP contribution in [0.25, 0.3) is 11.2 Å². The monoisotopic (exact) mass is 473 g/mol. The molecule has 4 saturated carbocycles. The van der Waals surface area contributed by atoms with Gasteiger partial charge in [0.1, 0.15) is 6.10 Å². The molecule has 1 aliphatic heterocycles. The summed E-state index contributed by atoms with van der Waals surface area (Å²) in [6.45, 7) is 0.924. The third-order valence-corrected chi connectivity index (χ3v) is 8.84. The number of nitrogens with two attached hydrogens (primary N) is 1. The number of aryl methyl sites for hydroxylation is 1. The highest BCUT2D eigenvalue weighted by Crippen LogP contribution is 2.60. The van der Waals surface area contributed by atoms with E-state index in [1.54, 1.807) is 22.6 Å². The van der Waals surface area contributed by atoms with Gasteiger partial charge in [0.05, 0.1) is 22.0 Å². The van der Waals surface area contributed by atoms with Crippen LogP contribution in [0.2, 0.25) is 5.02 Å². The van der Waals surface area contributed by atoms with Crippen molar-refractivity contribution < 1.29 is 14.3 Å². The molecule has 176 valence electrons. The Labute approximate surface area is 195 Å². The molecule has 4 aliphatic carbocycles. The minimum Gasteiger partial charge on any atom is -0.446 e. The molecule has 33 heavy (non-hydrogen) atoms. The van der Waals surface area contributed by atoms with E-state index in [9.17, 15) is 14.4 Å². The van der Waals surface area contributed by atoms with Crippen molar-refractivity contribution in [1.29, 1.82) is 0 Å². The van der Waals surface area contributed by atoms with Gasteiger partial charge in [-0.15, -0.1) is 0 Å². The number of primary amides is 1. The molecule has 6 atom stereocenters. The van der Waals surface area contributed by atoms with E-state index in [0.29, 0.717) is 41.6 Å². The molecule has 5 aliphatic rings. The molecule has 2 amide bonds. The van der Waals surface area contributed by atoms with Crippen LogP contribution in [0, 0.1) is 23.2 Å². The van der Waals surface area contributed by atoms with Gasteiger partial charge in [-0.05, 0) is 62.3 Å². The van der Waals surface area contributed by atoms with Gasteiger partial charge >= 0.3 is 11.8 Å². The Bertz CT molecular complexity index is 1210. The molecule has 9 nitrogen and oxygen atoms in total. The summed E-state index contributed by atoms with van der Waals surface area (Å²) < 4.78 is 9.27. The second-order valence-electron chi connectivity index (χ2n) is 10.6. The van der Waals surface area contributed by atoms with Gasteiger partial charge in [0, 0.05) is 26.3 Å². The predicted molar refractivity (Wildman–Crippen MR) is 121 cm³/mol. The van der Waals surface area contributed by atoms with Crippen LogP contribution >= 0.6 is 11.6 Å². The lowest BCUT2D eigenvalue weighted by Gasteiger charge is -2.58. The van der Waals surface area contributed by atoms with Crippen molar-refractivity contribution in [3.05, 3.63) is 27.8 Å². The average Bonchev–Trinajstić information content (AvgIpc) is 3.34. The molecule has 7 rings (SSSR count). The van der Waals surface area contributed by atoms with E-state index in [1.165, 1.54) is 10.8 Å². The van der Waals surface area contributed by atoms with Crippen LogP contribution in [0.3, 0.4) is 0 Å². The van der Waals surface area contributed by atoms with Crippen molar-refractivity contribution in [1.82, 2.24) is 19.0 Å². The maximum absolute atomic E-state index is 13.1. The zero-order valence-electron chi connectivity index (χ0n) is 18.6. The number of carbonyl (C=O) groups excluding carboxylic acids is 2. The highest BCUT2D eigenvalue weighted by atomic mass is 35.5. The van der Waals surface area contributed by atoms with Crippen molar-refractivity contribution in [2.24, 2.45) is 36.0 Å². The minimum absolute atomic E-state index is 0.148. The fourth-order valence-corrected chi connectivity index (χ4v) is 7.47. The van der Waals surface area contributed by atoms with Gasteiger partial charge in [-0.2, -0.15) is 0 Å². The fraction of sp³-hybridized carbons (Fsp3) is 0.652. The molecular formula is C23H28ClN5O4. The Balaban J connectivity index is 1.18. The van der Waals surface area contributed by atoms with E-state index >= 15 is 0 Å². The van der Waals surface area contributed by atoms with Gasteiger partial charge in [0.25, 0.3) is 0 Å². The van der Waals surface area contributed by atoms with Crippen molar-refractivity contribution in [3.8, 4) is 0 Å². The number of hydrogen-bond donors (Lipinski definition) is 1. The predicted octanol–water partition coefficient (Wildman–Crippen LogP) is 2.45. The standard InChI is InChI=1S/C23H28ClN5O4/c1-27-17-6-15(24)10-26-19(17)29(21(27)31)16-2-3-28(11-16)22(32)33-18-13-4-12-5-14(18)9-23(7-12,8-13)20(25)30/h6,10,12-14,16,18H,2-5,7-9,11H2,1H3,(H2,25,30)/t12?,13-,14?,16?,18?,23?/m1/s1. The van der Waals surface area contributed by atoms with Gasteiger partial charge in [0.2, 0.25) is 5.91 Å². The summed E-state index contributed by atoms with van der Waals surface area (Å²) in [5.74, 6) is 0.742. The number of nitrogens with zero attached hydrogens (tertiary/aromatic N) is 4. The molecule has 2 aromatic heterocycles. The summed E-state index contributed by atoms with van der Waals surface area (Å²) in [6, 6.07) is 1.56. The van der Waals surface area contributed by atoms with E-state index in [4.69, 9.17) is 22.1 Å². The number of halogens is 1. The van der Waals surface area contributed by atoms with E-state index in [-0.39, 0.29) is 41.7 Å². The van der Waals surface area contributed by atoms with Crippen molar-refractivity contribution in [2.45, 2.75) is 50.7 Å². The summed E-state index contributed by atoms with van der Waals surface area (Å²) >= 11 is 6.06. The molecule has 5 unspecified atom stereocenters. The fourth-order valence-electron chi connectivity index (χ4n) is 7.32. The Morgan fingerprint density at radius 1 is 1.24 bits per heavy atom. The largest absolute Gasteiger partial charge is 0.446 e. The van der Waals surface area contributed by atoms with Gasteiger partial charge in [-0.25, -0.2) is 14.6 Å². The van der Waals surface area contributed by atoms with E-state index in [1.807, 2.05) is 0 Å². The zero-order valence-corrected chi connectivity index (χ0v) is 19.3. The molecule has 10 heteroatoms. The Hall–Kier alpha value is -2.55. The molecule has 2 aromatic rings. The first kappa shape index (κ1) is 21.0. The lowest BCUT2D eigenvalue weighted by molar-refractivity contribution is -0.161. The number of ether oxygens (including phenoxy) is 1. The Morgan fingerprint density at radius 2 is 1.97 bits per heavy atom. The minimum atomic E-state index is -0.399. The maximum Gasteiger partial charge on any atom is 0.410 e. The number of hydrogen-bond acceptors (Lipinski definition) is 5. The first-order valence-corrected chi connectivity index (χ1v) is 12.1. The van der Waals surface area contributed by atoms with Gasteiger partial charge in [0.15, 0.2) is 5.65 Å². The zero-order chi connectivity index (χ0) is 23.1. The van der Waals surface area contributed by atoms with Crippen LogP contribution < -0.4 is 11.4 Å². The average molecular weight is 474 g/mol. The smallest absolute Gasteiger partial charge is 0.410 e. The van der Waals surface area contributed by atoms with E-state index in [0.717, 1.165) is 32.1 Å². The van der Waals surface area contributed by atoms with Gasteiger partial charge in [-0.1, -0.05) is 11.6 Å². The summed E-state index contributed by atoms with van der Waals surface area (Å²) in [5.41, 5.74) is 6.45. The van der Waals surface area contributed by atoms with Crippen molar-refractivity contribution >= 4 is 34.8 Å². The Morgan fingerprint density at radius 3 is 2.67 bits per heavy atom. The highest BCUT2D eigenvalue weighted by Gasteiger charge is 2.59. The quantitative estimate of drug-likeness (QED) is 0.735. The van der Waals surface area contributed by atoms with E-state index < -0.39 is 5.41 Å². The first-order valence-electron chi connectivity index (χ1n) is 11.7. The lowest BCUT2D eigenvalue weighted by atomic mass is 9.48. The molecule has 5 fully saturated rings. The maximum atomic E-state index is 13.1. The second kappa shape index (κ2) is 7.22. The molecule has 4 bridgehead atoms. The number of carbonyl (C=O) groups is 2. The lowest BCUT2D eigenvalue weighted by Crippen LogP contribution is -2.59. The van der Waals surface area contributed by atoms with Crippen LogP contribution in [-0.2, 0) is 16.6 Å².